The molecule has 0 saturated carbocycles. The number of methoxy groups -OCH3 is 2. The van der Waals surface area contributed by atoms with E-state index in [0.717, 1.165) is 33.5 Å². The van der Waals surface area contributed by atoms with E-state index >= 15 is 0 Å². The summed E-state index contributed by atoms with van der Waals surface area (Å²) in [5.74, 6) is 1.43. The van der Waals surface area contributed by atoms with Gasteiger partial charge in [-0.05, 0) is 71.7 Å². The Balaban J connectivity index is 0.000000256. The van der Waals surface area contributed by atoms with Gasteiger partial charge in [0, 0.05) is 40.0 Å². The predicted molar refractivity (Wildman–Crippen MR) is 168 cm³/mol. The number of hydrogen-bond acceptors (Lipinski definition) is 8. The first-order chi connectivity index (χ1) is 19.9. The van der Waals surface area contributed by atoms with Crippen molar-refractivity contribution in [2.75, 3.05) is 26.2 Å². The zero-order valence-electron chi connectivity index (χ0n) is 22.8. The first-order valence-corrected chi connectivity index (χ1v) is 14.1. The van der Waals surface area contributed by atoms with Gasteiger partial charge in [0.25, 0.3) is 0 Å². The topological polar surface area (TPSA) is 99.5 Å². The van der Waals surface area contributed by atoms with E-state index in [-0.39, 0.29) is 17.2 Å². The molecule has 2 heterocycles. The lowest BCUT2D eigenvalue weighted by Gasteiger charge is -2.10. The van der Waals surface area contributed by atoms with Gasteiger partial charge in [0.1, 0.15) is 11.5 Å². The zero-order valence-corrected chi connectivity index (χ0v) is 25.9. The van der Waals surface area contributed by atoms with Gasteiger partial charge in [-0.1, -0.05) is 28.1 Å². The fourth-order valence-corrected chi connectivity index (χ4v) is 3.65. The van der Waals surface area contributed by atoms with Gasteiger partial charge in [0.15, 0.2) is 0 Å². The second kappa shape index (κ2) is 18.9. The summed E-state index contributed by atoms with van der Waals surface area (Å²) in [6, 6.07) is 14.8. The molecule has 2 aromatic carbocycles. The maximum Gasteiger partial charge on any atom is 0.222 e. The number of ether oxygens (including phenoxy) is 3. The first-order valence-electron chi connectivity index (χ1n) is 12.2. The van der Waals surface area contributed by atoms with Gasteiger partial charge >= 0.3 is 0 Å². The lowest BCUT2D eigenvalue weighted by molar-refractivity contribution is 0.146. The van der Waals surface area contributed by atoms with Crippen LogP contribution < -0.4 is 9.47 Å². The standard InChI is InChI=1S/C15H15ClN2O2.C12H11ClN2O2.C3H5Br/c1-3-8-20-10-12-9-11(4-5-14(12)19-2)13-6-7-17-15(16)18-13;1-17-11-3-2-8(6-9(11)7-16)10-4-5-14-12(13)15-10;1-2-3-4/h3-7,9H,1,8,10H2,2H3;2-6,16H,7H2,1H3;2H,1,3H2. The van der Waals surface area contributed by atoms with Crippen molar-refractivity contribution in [2.24, 2.45) is 0 Å². The number of aromatic nitrogens is 4. The number of halogens is 3. The number of hydrogen-bond donors (Lipinski definition) is 1. The van der Waals surface area contributed by atoms with E-state index in [4.69, 9.17) is 37.4 Å². The number of allylic oxidation sites excluding steroid dienone is 1. The van der Waals surface area contributed by atoms with Gasteiger partial charge in [-0.15, -0.1) is 13.2 Å². The largest absolute Gasteiger partial charge is 0.496 e. The van der Waals surface area contributed by atoms with Crippen LogP contribution in [0.2, 0.25) is 10.6 Å². The van der Waals surface area contributed by atoms with Crippen LogP contribution in [0.1, 0.15) is 11.1 Å². The Kier molecular flexibility index (Phi) is 15.6. The van der Waals surface area contributed by atoms with Crippen LogP contribution in [0.5, 0.6) is 11.5 Å². The Bertz CT molecular complexity index is 1410. The molecule has 0 fully saturated rings. The molecular formula is C30H31BrCl2N4O4. The molecule has 0 amide bonds. The minimum Gasteiger partial charge on any atom is -0.496 e. The molecule has 0 bridgehead atoms. The summed E-state index contributed by atoms with van der Waals surface area (Å²) >= 11 is 14.7. The van der Waals surface area contributed by atoms with Crippen LogP contribution in [0.4, 0.5) is 0 Å². The fraction of sp³-hybridized carbons (Fsp3) is 0.200. The van der Waals surface area contributed by atoms with Crippen molar-refractivity contribution in [3.8, 4) is 34.0 Å². The highest BCUT2D eigenvalue weighted by Crippen LogP contribution is 2.27. The third-order valence-corrected chi connectivity index (χ3v) is 6.00. The molecule has 41 heavy (non-hydrogen) atoms. The van der Waals surface area contributed by atoms with Crippen molar-refractivity contribution >= 4 is 39.1 Å². The van der Waals surface area contributed by atoms with Crippen LogP contribution in [-0.2, 0) is 18.0 Å². The maximum atomic E-state index is 9.24. The molecule has 0 saturated heterocycles. The Hall–Kier alpha value is -3.34. The molecule has 216 valence electrons. The molecular weight excluding hydrogens is 631 g/mol. The molecule has 0 unspecified atom stereocenters. The zero-order chi connectivity index (χ0) is 30.0. The Labute approximate surface area is 258 Å². The molecule has 1 N–H and O–H groups in total. The number of aliphatic hydroxyl groups is 1. The highest BCUT2D eigenvalue weighted by Gasteiger charge is 2.08. The third kappa shape index (κ3) is 11.2. The van der Waals surface area contributed by atoms with Crippen LogP contribution in [0.3, 0.4) is 0 Å². The predicted octanol–water partition coefficient (Wildman–Crippen LogP) is 7.37. The average molecular weight is 662 g/mol. The lowest BCUT2D eigenvalue weighted by Crippen LogP contribution is -1.97. The van der Waals surface area contributed by atoms with E-state index in [1.165, 1.54) is 0 Å². The van der Waals surface area contributed by atoms with E-state index < -0.39 is 0 Å². The van der Waals surface area contributed by atoms with Crippen LogP contribution in [-0.4, -0.2) is 51.2 Å². The van der Waals surface area contributed by atoms with Crippen molar-refractivity contribution < 1.29 is 19.3 Å². The quantitative estimate of drug-likeness (QED) is 0.0814. The maximum absolute atomic E-state index is 9.24. The molecule has 4 rings (SSSR count). The molecule has 0 atom stereocenters. The summed E-state index contributed by atoms with van der Waals surface area (Å²) in [5.41, 5.74) is 4.92. The lowest BCUT2D eigenvalue weighted by atomic mass is 10.1. The number of rotatable bonds is 10. The minimum absolute atomic E-state index is 0.0875. The third-order valence-electron chi connectivity index (χ3n) is 5.18. The summed E-state index contributed by atoms with van der Waals surface area (Å²) < 4.78 is 15.9. The van der Waals surface area contributed by atoms with E-state index in [2.05, 4.69) is 49.0 Å². The highest BCUT2D eigenvalue weighted by molar-refractivity contribution is 9.09. The SMILES string of the molecule is C=CCBr.C=CCOCc1cc(-c2ccnc(Cl)n2)ccc1OC.COc1ccc(-c2ccnc(Cl)n2)cc1CO. The molecule has 11 heteroatoms. The van der Waals surface area contributed by atoms with Gasteiger partial charge in [0.2, 0.25) is 10.6 Å². The molecule has 8 nitrogen and oxygen atoms in total. The number of nitrogens with zero attached hydrogens (tertiary/aromatic N) is 4. The van der Waals surface area contributed by atoms with Crippen molar-refractivity contribution in [1.29, 1.82) is 0 Å². The second-order valence-corrected chi connectivity index (χ2v) is 9.20. The molecule has 0 spiro atoms. The minimum atomic E-state index is -0.0875. The molecule has 0 aliphatic rings. The number of benzene rings is 2. The highest BCUT2D eigenvalue weighted by atomic mass is 79.9. The average Bonchev–Trinajstić information content (AvgIpc) is 3.01. The molecule has 0 radical (unpaired) electrons. The second-order valence-electron chi connectivity index (χ2n) is 7.88. The van der Waals surface area contributed by atoms with Gasteiger partial charge in [0.05, 0.1) is 45.4 Å². The summed E-state index contributed by atoms with van der Waals surface area (Å²) in [5, 5.41) is 10.6. The van der Waals surface area contributed by atoms with Gasteiger partial charge in [-0.3, -0.25) is 0 Å². The Morgan fingerprint density at radius 1 is 0.805 bits per heavy atom. The monoisotopic (exact) mass is 660 g/mol. The summed E-state index contributed by atoms with van der Waals surface area (Å²) in [6.07, 6.45) is 6.72. The van der Waals surface area contributed by atoms with Gasteiger partial charge in [-0.25, -0.2) is 19.9 Å². The van der Waals surface area contributed by atoms with Gasteiger partial charge in [-0.2, -0.15) is 0 Å². The van der Waals surface area contributed by atoms with Gasteiger partial charge < -0.3 is 19.3 Å². The first kappa shape index (κ1) is 33.9. The van der Waals surface area contributed by atoms with E-state index in [9.17, 15) is 5.11 Å². The van der Waals surface area contributed by atoms with Crippen molar-refractivity contribution in [3.63, 3.8) is 0 Å². The van der Waals surface area contributed by atoms with Crippen molar-refractivity contribution in [1.82, 2.24) is 19.9 Å². The molecule has 2 aromatic heterocycles. The summed E-state index contributed by atoms with van der Waals surface area (Å²) in [4.78, 5) is 16.0. The molecule has 4 aromatic rings. The molecule has 0 aliphatic carbocycles. The van der Waals surface area contributed by atoms with Crippen molar-refractivity contribution in [2.45, 2.75) is 13.2 Å². The van der Waals surface area contributed by atoms with Crippen LogP contribution in [0, 0.1) is 0 Å². The summed E-state index contributed by atoms with van der Waals surface area (Å²) in [7, 11) is 3.20. The van der Waals surface area contributed by atoms with Crippen molar-refractivity contribution in [3.05, 3.63) is 108 Å². The number of aliphatic hydroxyl groups excluding tert-OH is 1. The van der Waals surface area contributed by atoms with E-state index in [1.54, 1.807) is 50.9 Å². The Morgan fingerprint density at radius 3 is 1.71 bits per heavy atom. The van der Waals surface area contributed by atoms with Crippen LogP contribution >= 0.6 is 39.1 Å². The number of alkyl halides is 1. The molecule has 0 aliphatic heterocycles. The van der Waals surface area contributed by atoms with Crippen LogP contribution in [0.15, 0.2) is 86.2 Å². The van der Waals surface area contributed by atoms with Crippen LogP contribution in [0.25, 0.3) is 22.5 Å². The van der Waals surface area contributed by atoms with E-state index in [0.29, 0.717) is 30.2 Å². The summed E-state index contributed by atoms with van der Waals surface area (Å²) in [6.45, 7) is 7.91. The fourth-order valence-electron chi connectivity index (χ4n) is 3.36. The smallest absolute Gasteiger partial charge is 0.222 e. The van der Waals surface area contributed by atoms with E-state index in [1.807, 2.05) is 36.4 Å². The normalized spacial score (nSPS) is 9.90. The Morgan fingerprint density at radius 2 is 1.29 bits per heavy atom.